The van der Waals surface area contributed by atoms with Gasteiger partial charge in [-0.15, -0.1) is 0 Å². The van der Waals surface area contributed by atoms with Crippen LogP contribution in [0.4, 0.5) is 8.78 Å². The summed E-state index contributed by atoms with van der Waals surface area (Å²) < 4.78 is 32.8. The number of aryl methyl sites for hydroxylation is 1. The van der Waals surface area contributed by atoms with E-state index in [9.17, 15) is 18.7 Å². The molecule has 1 amide bonds. The second-order valence-electron chi connectivity index (χ2n) is 7.68. The van der Waals surface area contributed by atoms with Crippen molar-refractivity contribution in [1.82, 2.24) is 10.6 Å². The van der Waals surface area contributed by atoms with E-state index in [1.165, 1.54) is 24.6 Å². The maximum atomic E-state index is 13.5. The molecular weight excluding hydrogens is 390 g/mol. The second-order valence-corrected chi connectivity index (χ2v) is 7.68. The molecule has 162 valence electrons. The molecule has 2 aromatic carbocycles. The van der Waals surface area contributed by atoms with Gasteiger partial charge in [-0.05, 0) is 42.2 Å². The maximum Gasteiger partial charge on any atom is 0.217 e. The Labute approximate surface area is 175 Å². The lowest BCUT2D eigenvalue weighted by Gasteiger charge is -2.30. The predicted molar refractivity (Wildman–Crippen MR) is 110 cm³/mol. The summed E-state index contributed by atoms with van der Waals surface area (Å²) in [4.78, 5) is 11.6. The molecule has 7 heteroatoms. The van der Waals surface area contributed by atoms with E-state index in [1.807, 2.05) is 12.1 Å². The fourth-order valence-corrected chi connectivity index (χ4v) is 3.81. The fraction of sp³-hybridized carbons (Fsp3) is 0.435. The van der Waals surface area contributed by atoms with Crippen molar-refractivity contribution in [3.8, 4) is 5.75 Å². The lowest BCUT2D eigenvalue weighted by molar-refractivity contribution is -0.120. The van der Waals surface area contributed by atoms with Crippen LogP contribution in [0.1, 0.15) is 43.0 Å². The van der Waals surface area contributed by atoms with Gasteiger partial charge in [-0.1, -0.05) is 19.1 Å². The monoisotopic (exact) mass is 418 g/mol. The van der Waals surface area contributed by atoms with Gasteiger partial charge in [0.05, 0.1) is 18.8 Å². The normalized spacial score (nSPS) is 17.6. The molecule has 5 nitrogen and oxygen atoms in total. The SMILES string of the molecule is CCc1ccc2c(c1)C(NCC(O)C(Cc1cc(F)cc(F)c1)NC(C)=O)CCO2. The number of fused-ring (bicyclic) bond motifs is 1. The number of benzene rings is 2. The highest BCUT2D eigenvalue weighted by Gasteiger charge is 2.25. The number of nitrogens with one attached hydrogen (secondary N) is 2. The highest BCUT2D eigenvalue weighted by atomic mass is 19.1. The minimum atomic E-state index is -0.944. The van der Waals surface area contributed by atoms with Crippen molar-refractivity contribution in [2.75, 3.05) is 13.2 Å². The van der Waals surface area contributed by atoms with Crippen LogP contribution in [0.15, 0.2) is 36.4 Å². The molecule has 0 radical (unpaired) electrons. The lowest BCUT2D eigenvalue weighted by Crippen LogP contribution is -2.48. The molecule has 0 aliphatic carbocycles. The van der Waals surface area contributed by atoms with Crippen LogP contribution in [0.25, 0.3) is 0 Å². The van der Waals surface area contributed by atoms with Crippen molar-refractivity contribution < 1.29 is 23.4 Å². The molecule has 3 unspecified atom stereocenters. The zero-order valence-electron chi connectivity index (χ0n) is 17.3. The van der Waals surface area contributed by atoms with E-state index >= 15 is 0 Å². The Morgan fingerprint density at radius 2 is 1.93 bits per heavy atom. The van der Waals surface area contributed by atoms with E-state index < -0.39 is 23.8 Å². The zero-order chi connectivity index (χ0) is 21.7. The number of ether oxygens (including phenoxy) is 1. The third-order valence-electron chi connectivity index (χ3n) is 5.33. The number of rotatable bonds is 8. The van der Waals surface area contributed by atoms with Crippen molar-refractivity contribution in [2.45, 2.75) is 51.3 Å². The van der Waals surface area contributed by atoms with Crippen LogP contribution < -0.4 is 15.4 Å². The van der Waals surface area contributed by atoms with Crippen LogP contribution in [-0.4, -0.2) is 36.3 Å². The van der Waals surface area contributed by atoms with E-state index in [0.29, 0.717) is 12.2 Å². The Hall–Kier alpha value is -2.51. The van der Waals surface area contributed by atoms with E-state index in [-0.39, 0.29) is 24.9 Å². The summed E-state index contributed by atoms with van der Waals surface area (Å²) in [6.45, 7) is 4.22. The Kier molecular flexibility index (Phi) is 7.39. The molecule has 0 spiro atoms. The van der Waals surface area contributed by atoms with Gasteiger partial charge in [0.25, 0.3) is 0 Å². The highest BCUT2D eigenvalue weighted by Crippen LogP contribution is 2.33. The summed E-state index contributed by atoms with van der Waals surface area (Å²) in [5.41, 5.74) is 2.63. The number of aliphatic hydroxyl groups excluding tert-OH is 1. The standard InChI is InChI=1S/C23H28F2N2O3/c1-3-15-4-5-23-19(10-15)20(6-7-30-23)26-13-22(29)21(27-14(2)28)11-16-8-17(24)12-18(25)9-16/h4-5,8-10,12,20-22,26,29H,3,6-7,11,13H2,1-2H3,(H,27,28). The highest BCUT2D eigenvalue weighted by molar-refractivity contribution is 5.73. The third kappa shape index (κ3) is 5.77. The molecule has 1 heterocycles. The number of halogens is 2. The minimum Gasteiger partial charge on any atom is -0.493 e. The summed E-state index contributed by atoms with van der Waals surface area (Å²) >= 11 is 0. The first kappa shape index (κ1) is 22.2. The molecule has 0 bridgehead atoms. The molecule has 3 rings (SSSR count). The van der Waals surface area contributed by atoms with Gasteiger partial charge < -0.3 is 20.5 Å². The number of hydrogen-bond acceptors (Lipinski definition) is 4. The molecule has 0 saturated carbocycles. The van der Waals surface area contributed by atoms with Crippen LogP contribution in [-0.2, 0) is 17.6 Å². The van der Waals surface area contributed by atoms with Crippen molar-refractivity contribution in [3.05, 3.63) is 64.7 Å². The zero-order valence-corrected chi connectivity index (χ0v) is 17.3. The van der Waals surface area contributed by atoms with Crippen LogP contribution in [0.2, 0.25) is 0 Å². The molecule has 0 fully saturated rings. The summed E-state index contributed by atoms with van der Waals surface area (Å²) in [6.07, 6.45) is 0.840. The van der Waals surface area contributed by atoms with Crippen LogP contribution >= 0.6 is 0 Å². The summed E-state index contributed by atoms with van der Waals surface area (Å²) in [7, 11) is 0. The molecule has 0 aromatic heterocycles. The minimum absolute atomic E-state index is 0.0134. The number of carbonyl (C=O) groups excluding carboxylic acids is 1. The molecule has 1 aliphatic rings. The summed E-state index contributed by atoms with van der Waals surface area (Å²) in [5, 5.41) is 16.8. The maximum absolute atomic E-state index is 13.5. The van der Waals surface area contributed by atoms with Crippen molar-refractivity contribution in [2.24, 2.45) is 0 Å². The van der Waals surface area contributed by atoms with Gasteiger partial charge in [0.2, 0.25) is 5.91 Å². The average molecular weight is 418 g/mol. The van der Waals surface area contributed by atoms with Crippen molar-refractivity contribution >= 4 is 5.91 Å². The summed E-state index contributed by atoms with van der Waals surface area (Å²) in [5.74, 6) is -0.867. The summed E-state index contributed by atoms with van der Waals surface area (Å²) in [6, 6.07) is 8.66. The quantitative estimate of drug-likeness (QED) is 0.616. The smallest absolute Gasteiger partial charge is 0.217 e. The molecule has 3 atom stereocenters. The Bertz CT molecular complexity index is 870. The first-order valence-electron chi connectivity index (χ1n) is 10.2. The first-order valence-corrected chi connectivity index (χ1v) is 10.2. The van der Waals surface area contributed by atoms with Gasteiger partial charge in [-0.2, -0.15) is 0 Å². The lowest BCUT2D eigenvalue weighted by atomic mass is 9.96. The van der Waals surface area contributed by atoms with E-state index in [1.54, 1.807) is 0 Å². The van der Waals surface area contributed by atoms with Crippen molar-refractivity contribution in [3.63, 3.8) is 0 Å². The number of carbonyl (C=O) groups is 1. The Morgan fingerprint density at radius 1 is 1.20 bits per heavy atom. The molecule has 2 aromatic rings. The fourth-order valence-electron chi connectivity index (χ4n) is 3.81. The molecule has 3 N–H and O–H groups in total. The van der Waals surface area contributed by atoms with Gasteiger partial charge >= 0.3 is 0 Å². The average Bonchev–Trinajstić information content (AvgIpc) is 2.70. The molecule has 0 saturated heterocycles. The van der Waals surface area contributed by atoms with E-state index in [0.717, 1.165) is 30.2 Å². The van der Waals surface area contributed by atoms with Gasteiger partial charge in [-0.25, -0.2) is 8.78 Å². The van der Waals surface area contributed by atoms with Gasteiger partial charge in [0.1, 0.15) is 17.4 Å². The van der Waals surface area contributed by atoms with Crippen LogP contribution in [0.3, 0.4) is 0 Å². The largest absolute Gasteiger partial charge is 0.493 e. The first-order chi connectivity index (χ1) is 14.4. The van der Waals surface area contributed by atoms with Crippen LogP contribution in [0.5, 0.6) is 5.75 Å². The Morgan fingerprint density at radius 3 is 2.60 bits per heavy atom. The Balaban J connectivity index is 1.69. The van der Waals surface area contributed by atoms with Gasteiger partial charge in [0.15, 0.2) is 0 Å². The predicted octanol–water partition coefficient (Wildman–Crippen LogP) is 3.05. The molecular formula is C23H28F2N2O3. The second kappa shape index (κ2) is 10.00. The van der Waals surface area contributed by atoms with Gasteiger partial charge in [0, 0.05) is 37.6 Å². The van der Waals surface area contributed by atoms with Crippen LogP contribution in [0, 0.1) is 11.6 Å². The van der Waals surface area contributed by atoms with Gasteiger partial charge in [-0.3, -0.25) is 4.79 Å². The molecule has 30 heavy (non-hydrogen) atoms. The third-order valence-corrected chi connectivity index (χ3v) is 5.33. The topological polar surface area (TPSA) is 70.6 Å². The number of amides is 1. The van der Waals surface area contributed by atoms with E-state index in [4.69, 9.17) is 4.74 Å². The number of hydrogen-bond donors (Lipinski definition) is 3. The number of aliphatic hydroxyl groups is 1. The molecule has 1 aliphatic heterocycles. The van der Waals surface area contributed by atoms with Crippen molar-refractivity contribution in [1.29, 1.82) is 0 Å². The van der Waals surface area contributed by atoms with E-state index in [2.05, 4.69) is 23.6 Å².